The second-order valence-electron chi connectivity index (χ2n) is 6.58. The third kappa shape index (κ3) is 6.93. The molecular formula is C22H27NO4S. The number of hydrogen-bond acceptors (Lipinski definition) is 5. The molecule has 1 atom stereocenters. The van der Waals surface area contributed by atoms with Crippen LogP contribution < -0.4 is 10.1 Å². The number of esters is 1. The molecule has 0 aromatic heterocycles. The van der Waals surface area contributed by atoms with E-state index in [0.29, 0.717) is 13.0 Å². The molecule has 1 N–H and O–H groups in total. The van der Waals surface area contributed by atoms with Crippen LogP contribution in [0.1, 0.15) is 23.6 Å². The van der Waals surface area contributed by atoms with Gasteiger partial charge in [0, 0.05) is 11.4 Å². The van der Waals surface area contributed by atoms with Crippen molar-refractivity contribution in [2.75, 3.05) is 19.4 Å². The molecule has 2 rings (SSSR count). The van der Waals surface area contributed by atoms with Gasteiger partial charge in [0.25, 0.3) is 5.91 Å². The fourth-order valence-corrected chi connectivity index (χ4v) is 3.44. The predicted octanol–water partition coefficient (Wildman–Crippen LogP) is 3.69. The topological polar surface area (TPSA) is 64.6 Å². The molecular weight excluding hydrogens is 374 g/mol. The highest BCUT2D eigenvalue weighted by Gasteiger charge is 2.17. The van der Waals surface area contributed by atoms with E-state index in [1.54, 1.807) is 14.0 Å². The smallest absolute Gasteiger partial charge is 0.317 e. The van der Waals surface area contributed by atoms with Gasteiger partial charge in [-0.25, -0.2) is 0 Å². The number of hydrogen-bond donors (Lipinski definition) is 1. The summed E-state index contributed by atoms with van der Waals surface area (Å²) in [4.78, 5) is 25.2. The van der Waals surface area contributed by atoms with Gasteiger partial charge in [-0.1, -0.05) is 29.8 Å². The monoisotopic (exact) mass is 401 g/mol. The number of methoxy groups -OCH3 is 1. The SMILES string of the molecule is COc1ccc(CCNC(=O)[C@H](C)OC(=O)CSc2ccc(C)cc2C)cc1. The summed E-state index contributed by atoms with van der Waals surface area (Å²) in [6, 6.07) is 13.8. The highest BCUT2D eigenvalue weighted by atomic mass is 32.2. The Labute approximate surface area is 170 Å². The van der Waals surface area contributed by atoms with Gasteiger partial charge < -0.3 is 14.8 Å². The maximum absolute atomic E-state index is 12.1. The molecule has 0 spiro atoms. The fraction of sp³-hybridized carbons (Fsp3) is 0.364. The van der Waals surface area contributed by atoms with E-state index in [9.17, 15) is 9.59 Å². The van der Waals surface area contributed by atoms with Crippen molar-refractivity contribution in [1.82, 2.24) is 5.32 Å². The summed E-state index contributed by atoms with van der Waals surface area (Å²) in [6.45, 7) is 6.11. The Morgan fingerprint density at radius 1 is 1.11 bits per heavy atom. The predicted molar refractivity (Wildman–Crippen MR) is 112 cm³/mol. The fourth-order valence-electron chi connectivity index (χ4n) is 2.65. The summed E-state index contributed by atoms with van der Waals surface area (Å²) < 4.78 is 10.4. The van der Waals surface area contributed by atoms with Crippen LogP contribution in [0.2, 0.25) is 0 Å². The summed E-state index contributed by atoms with van der Waals surface area (Å²) in [5.74, 6) is 0.279. The summed E-state index contributed by atoms with van der Waals surface area (Å²) >= 11 is 1.42. The van der Waals surface area contributed by atoms with Gasteiger partial charge >= 0.3 is 5.97 Å². The molecule has 0 aliphatic rings. The highest BCUT2D eigenvalue weighted by molar-refractivity contribution is 8.00. The van der Waals surface area contributed by atoms with Gasteiger partial charge in [0.05, 0.1) is 12.9 Å². The first-order valence-electron chi connectivity index (χ1n) is 9.19. The van der Waals surface area contributed by atoms with Gasteiger partial charge in [-0.15, -0.1) is 11.8 Å². The lowest BCUT2D eigenvalue weighted by molar-refractivity contribution is -0.152. The molecule has 1 amide bonds. The van der Waals surface area contributed by atoms with Crippen molar-refractivity contribution in [3.05, 3.63) is 59.2 Å². The molecule has 6 heteroatoms. The minimum Gasteiger partial charge on any atom is -0.497 e. The van der Waals surface area contributed by atoms with Crippen LogP contribution in [0.25, 0.3) is 0 Å². The number of rotatable bonds is 9. The first-order valence-corrected chi connectivity index (χ1v) is 10.2. The van der Waals surface area contributed by atoms with E-state index in [1.807, 2.05) is 50.2 Å². The van der Waals surface area contributed by atoms with Crippen molar-refractivity contribution < 1.29 is 19.1 Å². The Balaban J connectivity index is 1.70. The summed E-state index contributed by atoms with van der Waals surface area (Å²) in [5, 5.41) is 2.80. The van der Waals surface area contributed by atoms with E-state index in [2.05, 4.69) is 11.4 Å². The summed E-state index contributed by atoms with van der Waals surface area (Å²) in [5.41, 5.74) is 3.40. The van der Waals surface area contributed by atoms with Gasteiger partial charge in [0.2, 0.25) is 0 Å². The molecule has 150 valence electrons. The van der Waals surface area contributed by atoms with Crippen LogP contribution in [0, 0.1) is 13.8 Å². The lowest BCUT2D eigenvalue weighted by atomic mass is 10.1. The molecule has 0 fully saturated rings. The first-order chi connectivity index (χ1) is 13.4. The van der Waals surface area contributed by atoms with E-state index in [4.69, 9.17) is 9.47 Å². The van der Waals surface area contributed by atoms with Crippen molar-refractivity contribution in [3.63, 3.8) is 0 Å². The van der Waals surface area contributed by atoms with Crippen LogP contribution in [0.3, 0.4) is 0 Å². The number of thioether (sulfide) groups is 1. The minimum absolute atomic E-state index is 0.174. The van der Waals surface area contributed by atoms with Crippen molar-refractivity contribution in [1.29, 1.82) is 0 Å². The molecule has 0 heterocycles. The maximum atomic E-state index is 12.1. The molecule has 0 aliphatic carbocycles. The largest absolute Gasteiger partial charge is 0.497 e. The van der Waals surface area contributed by atoms with Crippen molar-refractivity contribution in [2.45, 2.75) is 38.2 Å². The van der Waals surface area contributed by atoms with E-state index in [-0.39, 0.29) is 11.7 Å². The Morgan fingerprint density at radius 2 is 1.82 bits per heavy atom. The van der Waals surface area contributed by atoms with Crippen molar-refractivity contribution >= 4 is 23.6 Å². The Kier molecular flexibility index (Phi) is 8.39. The Morgan fingerprint density at radius 3 is 2.46 bits per heavy atom. The second-order valence-corrected chi connectivity index (χ2v) is 7.60. The first kappa shape index (κ1) is 21.8. The van der Waals surface area contributed by atoms with Crippen LogP contribution in [0.5, 0.6) is 5.75 Å². The zero-order chi connectivity index (χ0) is 20.5. The molecule has 0 saturated carbocycles. The lowest BCUT2D eigenvalue weighted by Gasteiger charge is -2.14. The molecule has 0 unspecified atom stereocenters. The standard InChI is InChI=1S/C22H27NO4S/c1-15-5-10-20(16(2)13-15)28-14-21(24)27-17(3)22(25)23-12-11-18-6-8-19(26-4)9-7-18/h5-10,13,17H,11-12,14H2,1-4H3,(H,23,25)/t17-/m0/s1. The average molecular weight is 402 g/mol. The van der Waals surface area contributed by atoms with E-state index in [0.717, 1.165) is 21.8 Å². The molecule has 0 radical (unpaired) electrons. The molecule has 5 nitrogen and oxygen atoms in total. The number of carbonyl (C=O) groups is 2. The Hall–Kier alpha value is -2.47. The molecule has 0 saturated heterocycles. The van der Waals surface area contributed by atoms with Crippen LogP contribution in [-0.4, -0.2) is 37.4 Å². The number of carbonyl (C=O) groups excluding carboxylic acids is 2. The number of amides is 1. The van der Waals surface area contributed by atoms with Crippen LogP contribution >= 0.6 is 11.8 Å². The normalized spacial score (nSPS) is 11.6. The second kappa shape index (κ2) is 10.8. The number of ether oxygens (including phenoxy) is 2. The third-order valence-corrected chi connectivity index (χ3v) is 5.37. The van der Waals surface area contributed by atoms with Gasteiger partial charge in [-0.2, -0.15) is 0 Å². The average Bonchev–Trinajstić information content (AvgIpc) is 2.67. The molecule has 0 bridgehead atoms. The van der Waals surface area contributed by atoms with Gasteiger partial charge in [0.15, 0.2) is 6.10 Å². The van der Waals surface area contributed by atoms with Crippen molar-refractivity contribution in [2.24, 2.45) is 0 Å². The minimum atomic E-state index is -0.817. The molecule has 2 aromatic rings. The van der Waals surface area contributed by atoms with E-state index >= 15 is 0 Å². The van der Waals surface area contributed by atoms with E-state index in [1.165, 1.54) is 17.3 Å². The summed E-state index contributed by atoms with van der Waals surface area (Å²) in [6.07, 6.45) is -0.123. The lowest BCUT2D eigenvalue weighted by Crippen LogP contribution is -2.37. The van der Waals surface area contributed by atoms with Crippen LogP contribution in [0.4, 0.5) is 0 Å². The molecule has 28 heavy (non-hydrogen) atoms. The quantitative estimate of drug-likeness (QED) is 0.513. The summed E-state index contributed by atoms with van der Waals surface area (Å²) in [7, 11) is 1.62. The number of benzene rings is 2. The van der Waals surface area contributed by atoms with Gasteiger partial charge in [0.1, 0.15) is 5.75 Å². The van der Waals surface area contributed by atoms with Crippen molar-refractivity contribution in [3.8, 4) is 5.75 Å². The zero-order valence-corrected chi connectivity index (χ0v) is 17.6. The number of nitrogens with one attached hydrogen (secondary N) is 1. The van der Waals surface area contributed by atoms with Gasteiger partial charge in [-0.3, -0.25) is 9.59 Å². The van der Waals surface area contributed by atoms with Gasteiger partial charge in [-0.05, 0) is 56.5 Å². The van der Waals surface area contributed by atoms with Crippen LogP contribution in [0.15, 0.2) is 47.4 Å². The Bertz CT molecular complexity index is 805. The third-order valence-electron chi connectivity index (χ3n) is 4.23. The maximum Gasteiger partial charge on any atom is 0.317 e. The molecule has 2 aromatic carbocycles. The molecule has 0 aliphatic heterocycles. The highest BCUT2D eigenvalue weighted by Crippen LogP contribution is 2.23. The van der Waals surface area contributed by atoms with Crippen LogP contribution in [-0.2, 0) is 20.7 Å². The number of aryl methyl sites for hydroxylation is 2. The van der Waals surface area contributed by atoms with E-state index < -0.39 is 12.1 Å². The zero-order valence-electron chi connectivity index (χ0n) is 16.8.